The van der Waals surface area contributed by atoms with Gasteiger partial charge in [-0.1, -0.05) is 12.1 Å². The van der Waals surface area contributed by atoms with E-state index in [4.69, 9.17) is 4.74 Å². The summed E-state index contributed by atoms with van der Waals surface area (Å²) in [4.78, 5) is 14.4. The van der Waals surface area contributed by atoms with Gasteiger partial charge in [-0.15, -0.1) is 12.4 Å². The number of aryl methyl sites for hydroxylation is 1. The molecule has 1 amide bonds. The molecule has 0 saturated carbocycles. The zero-order valence-corrected chi connectivity index (χ0v) is 14.8. The number of nitrogens with one attached hydrogen (secondary N) is 2. The number of hydrogen-bond acceptors (Lipinski definition) is 4. The fourth-order valence-electron chi connectivity index (χ4n) is 2.54. The van der Waals surface area contributed by atoms with Crippen molar-refractivity contribution >= 4 is 18.3 Å². The van der Waals surface area contributed by atoms with Crippen LogP contribution >= 0.6 is 12.4 Å². The third-order valence-electron chi connectivity index (χ3n) is 3.83. The van der Waals surface area contributed by atoms with Crippen molar-refractivity contribution in [1.82, 2.24) is 15.5 Å². The van der Waals surface area contributed by atoms with Crippen LogP contribution in [0.15, 0.2) is 24.3 Å². The Hall–Kier alpha value is -1.30. The van der Waals surface area contributed by atoms with Crippen molar-refractivity contribution in [3.63, 3.8) is 0 Å². The van der Waals surface area contributed by atoms with E-state index in [9.17, 15) is 4.79 Å². The lowest BCUT2D eigenvalue weighted by atomic mass is 10.2. The van der Waals surface area contributed by atoms with Crippen molar-refractivity contribution in [2.24, 2.45) is 0 Å². The number of halogens is 1. The first-order chi connectivity index (χ1) is 10.6. The van der Waals surface area contributed by atoms with Crippen molar-refractivity contribution in [2.75, 3.05) is 39.3 Å². The van der Waals surface area contributed by atoms with E-state index in [0.717, 1.165) is 50.5 Å². The molecule has 0 spiro atoms. The van der Waals surface area contributed by atoms with Crippen molar-refractivity contribution in [3.8, 4) is 5.75 Å². The van der Waals surface area contributed by atoms with Crippen LogP contribution in [0, 0.1) is 6.92 Å². The fourth-order valence-corrected chi connectivity index (χ4v) is 2.54. The quantitative estimate of drug-likeness (QED) is 0.740. The molecule has 0 radical (unpaired) electrons. The predicted octanol–water partition coefficient (Wildman–Crippen LogP) is 1.60. The number of carbonyl (C=O) groups is 1. The first-order valence-electron chi connectivity index (χ1n) is 8.09. The minimum atomic E-state index is -0.471. The summed E-state index contributed by atoms with van der Waals surface area (Å²) < 4.78 is 5.67. The smallest absolute Gasteiger partial charge is 0.260 e. The van der Waals surface area contributed by atoms with Gasteiger partial charge in [0.25, 0.3) is 5.91 Å². The van der Waals surface area contributed by atoms with Gasteiger partial charge < -0.3 is 20.3 Å². The van der Waals surface area contributed by atoms with Crippen LogP contribution in [0.5, 0.6) is 5.75 Å². The predicted molar refractivity (Wildman–Crippen MR) is 95.5 cm³/mol. The van der Waals surface area contributed by atoms with Crippen molar-refractivity contribution in [2.45, 2.75) is 26.4 Å². The van der Waals surface area contributed by atoms with Gasteiger partial charge in [-0.25, -0.2) is 0 Å². The molecule has 5 nitrogen and oxygen atoms in total. The Kier molecular flexibility index (Phi) is 8.99. The number of amides is 1. The summed E-state index contributed by atoms with van der Waals surface area (Å²) >= 11 is 0. The van der Waals surface area contributed by atoms with Gasteiger partial charge in [-0.3, -0.25) is 4.79 Å². The zero-order chi connectivity index (χ0) is 15.8. The largest absolute Gasteiger partial charge is 0.481 e. The molecule has 1 unspecified atom stereocenters. The maximum absolute atomic E-state index is 12.0. The van der Waals surface area contributed by atoms with E-state index in [2.05, 4.69) is 15.5 Å². The standard InChI is InChI=1S/C17H27N3O2.ClH/c1-14-5-3-6-16(13-14)22-15(2)17(21)19-7-4-10-20-11-8-18-9-12-20;/h3,5-6,13,15,18H,4,7-12H2,1-2H3,(H,19,21);1H. The fraction of sp³-hybridized carbons (Fsp3) is 0.588. The molecule has 2 N–H and O–H groups in total. The van der Waals surface area contributed by atoms with E-state index in [1.807, 2.05) is 31.2 Å². The summed E-state index contributed by atoms with van der Waals surface area (Å²) in [6.45, 7) is 9.85. The number of carbonyl (C=O) groups excluding carboxylic acids is 1. The number of ether oxygens (including phenoxy) is 1. The van der Waals surface area contributed by atoms with Crippen LogP contribution < -0.4 is 15.4 Å². The summed E-state index contributed by atoms with van der Waals surface area (Å²) in [5.74, 6) is 0.685. The Morgan fingerprint density at radius 3 is 2.83 bits per heavy atom. The molecule has 6 heteroatoms. The molecule has 1 fully saturated rings. The molecular formula is C17H28ClN3O2. The van der Waals surface area contributed by atoms with E-state index in [0.29, 0.717) is 6.54 Å². The van der Waals surface area contributed by atoms with Gasteiger partial charge in [0.1, 0.15) is 5.75 Å². The molecule has 0 aromatic heterocycles. The number of rotatable bonds is 7. The second kappa shape index (κ2) is 10.5. The summed E-state index contributed by atoms with van der Waals surface area (Å²) in [5.41, 5.74) is 1.13. The first kappa shape index (κ1) is 19.7. The summed E-state index contributed by atoms with van der Waals surface area (Å²) in [6.07, 6.45) is 0.504. The monoisotopic (exact) mass is 341 g/mol. The molecule has 1 saturated heterocycles. The van der Waals surface area contributed by atoms with Gasteiger partial charge in [-0.05, 0) is 44.5 Å². The molecule has 2 rings (SSSR count). The molecule has 1 aromatic carbocycles. The molecule has 1 atom stereocenters. The lowest BCUT2D eigenvalue weighted by molar-refractivity contribution is -0.127. The highest BCUT2D eigenvalue weighted by molar-refractivity contribution is 5.85. The van der Waals surface area contributed by atoms with E-state index < -0.39 is 6.10 Å². The van der Waals surface area contributed by atoms with Crippen molar-refractivity contribution < 1.29 is 9.53 Å². The Morgan fingerprint density at radius 2 is 2.13 bits per heavy atom. The number of benzene rings is 1. The zero-order valence-electron chi connectivity index (χ0n) is 14.0. The van der Waals surface area contributed by atoms with E-state index in [-0.39, 0.29) is 18.3 Å². The van der Waals surface area contributed by atoms with Crippen LogP contribution in [0.1, 0.15) is 18.9 Å². The van der Waals surface area contributed by atoms with Crippen molar-refractivity contribution in [1.29, 1.82) is 0 Å². The van der Waals surface area contributed by atoms with Crippen molar-refractivity contribution in [3.05, 3.63) is 29.8 Å². The van der Waals surface area contributed by atoms with E-state index in [1.165, 1.54) is 0 Å². The van der Waals surface area contributed by atoms with Gasteiger partial charge >= 0.3 is 0 Å². The van der Waals surface area contributed by atoms with Gasteiger partial charge in [0, 0.05) is 32.7 Å². The van der Waals surface area contributed by atoms with Gasteiger partial charge in [-0.2, -0.15) is 0 Å². The van der Waals surface area contributed by atoms with Crippen LogP contribution in [-0.2, 0) is 4.79 Å². The molecule has 23 heavy (non-hydrogen) atoms. The minimum absolute atomic E-state index is 0. The lowest BCUT2D eigenvalue weighted by Crippen LogP contribution is -2.44. The second-order valence-corrected chi connectivity index (χ2v) is 5.81. The van der Waals surface area contributed by atoms with E-state index in [1.54, 1.807) is 6.92 Å². The van der Waals surface area contributed by atoms with Gasteiger partial charge in [0.15, 0.2) is 6.10 Å². The highest BCUT2D eigenvalue weighted by atomic mass is 35.5. The summed E-state index contributed by atoms with van der Waals surface area (Å²) in [5, 5.41) is 6.29. The topological polar surface area (TPSA) is 53.6 Å². The average molecular weight is 342 g/mol. The van der Waals surface area contributed by atoms with Crippen LogP contribution in [0.25, 0.3) is 0 Å². The van der Waals surface area contributed by atoms with Crippen LogP contribution in [0.4, 0.5) is 0 Å². The molecule has 0 bridgehead atoms. The minimum Gasteiger partial charge on any atom is -0.481 e. The van der Waals surface area contributed by atoms with Crippen LogP contribution in [0.3, 0.4) is 0 Å². The highest BCUT2D eigenvalue weighted by Crippen LogP contribution is 2.14. The maximum atomic E-state index is 12.0. The number of piperazine rings is 1. The Balaban J connectivity index is 0.00000264. The highest BCUT2D eigenvalue weighted by Gasteiger charge is 2.14. The summed E-state index contributed by atoms with van der Waals surface area (Å²) in [6, 6.07) is 7.76. The Morgan fingerprint density at radius 1 is 1.39 bits per heavy atom. The second-order valence-electron chi connectivity index (χ2n) is 5.81. The molecule has 1 aliphatic rings. The SMILES string of the molecule is Cc1cccc(OC(C)C(=O)NCCCN2CCNCC2)c1.Cl. The van der Waals surface area contributed by atoms with Gasteiger partial charge in [0.2, 0.25) is 0 Å². The Labute approximate surface area is 145 Å². The number of hydrogen-bond donors (Lipinski definition) is 2. The summed E-state index contributed by atoms with van der Waals surface area (Å²) in [7, 11) is 0. The molecule has 0 aliphatic carbocycles. The third-order valence-corrected chi connectivity index (χ3v) is 3.83. The molecule has 130 valence electrons. The lowest BCUT2D eigenvalue weighted by Gasteiger charge is -2.27. The van der Waals surface area contributed by atoms with E-state index >= 15 is 0 Å². The van der Waals surface area contributed by atoms with Crippen LogP contribution in [-0.4, -0.2) is 56.2 Å². The molecule has 1 aliphatic heterocycles. The third kappa shape index (κ3) is 7.20. The maximum Gasteiger partial charge on any atom is 0.260 e. The van der Waals surface area contributed by atoms with Crippen LogP contribution in [0.2, 0.25) is 0 Å². The normalized spacial score (nSPS) is 16.3. The van der Waals surface area contributed by atoms with Gasteiger partial charge in [0.05, 0.1) is 0 Å². The average Bonchev–Trinajstić information content (AvgIpc) is 2.52. The first-order valence-corrected chi connectivity index (χ1v) is 8.09. The molecular weight excluding hydrogens is 314 g/mol. The molecule has 1 aromatic rings. The number of nitrogens with zero attached hydrogens (tertiary/aromatic N) is 1. The Bertz CT molecular complexity index is 479. The molecule has 1 heterocycles.